The van der Waals surface area contributed by atoms with E-state index in [0.29, 0.717) is 5.11 Å². The summed E-state index contributed by atoms with van der Waals surface area (Å²) in [6.07, 6.45) is 0. The number of rotatable bonds is 2. The maximum Gasteiger partial charge on any atom is 0.182 e. The summed E-state index contributed by atoms with van der Waals surface area (Å²) in [4.78, 5) is 0. The van der Waals surface area contributed by atoms with Crippen LogP contribution >= 0.6 is 20.8 Å². The standard InChI is InChI=1S/C12H11P.C3H9N3S/c1-3-7-11(8-4-1)13-12-9-5-2-6-10-12;1-5-3(7)6(2)4/h1-10,13H;4H2,1-2H3,(H,5,7). The van der Waals surface area contributed by atoms with Crippen LogP contribution in [-0.4, -0.2) is 24.2 Å². The lowest BCUT2D eigenvalue weighted by atomic mass is 10.4. The third-order valence-electron chi connectivity index (χ3n) is 2.37. The normalized spacial score (nSPS) is 9.15. The first-order valence-corrected chi connectivity index (χ1v) is 7.61. The van der Waals surface area contributed by atoms with Crippen LogP contribution in [0.15, 0.2) is 60.7 Å². The summed E-state index contributed by atoms with van der Waals surface area (Å²) in [6, 6.07) is 21.2. The highest BCUT2D eigenvalue weighted by atomic mass is 32.1. The molecule has 2 aromatic rings. The number of nitrogens with zero attached hydrogens (tertiary/aromatic N) is 1. The molecule has 3 nitrogen and oxygen atoms in total. The molecule has 0 aliphatic rings. The van der Waals surface area contributed by atoms with Gasteiger partial charge >= 0.3 is 0 Å². The third kappa shape index (κ3) is 6.62. The monoisotopic (exact) mass is 305 g/mol. The van der Waals surface area contributed by atoms with Gasteiger partial charge in [0.2, 0.25) is 0 Å². The molecule has 0 heterocycles. The quantitative estimate of drug-likeness (QED) is 0.383. The molecule has 0 spiro atoms. The average Bonchev–Trinajstić information content (AvgIpc) is 2.49. The summed E-state index contributed by atoms with van der Waals surface area (Å²) >= 11 is 4.67. The molecular formula is C15H20N3PS. The molecule has 0 fully saturated rings. The summed E-state index contributed by atoms with van der Waals surface area (Å²) in [5, 5.41) is 7.37. The lowest BCUT2D eigenvalue weighted by Crippen LogP contribution is -2.39. The van der Waals surface area contributed by atoms with Crippen molar-refractivity contribution in [2.24, 2.45) is 5.84 Å². The highest BCUT2D eigenvalue weighted by molar-refractivity contribution is 7.80. The van der Waals surface area contributed by atoms with Crippen molar-refractivity contribution >= 4 is 36.5 Å². The van der Waals surface area contributed by atoms with E-state index in [9.17, 15) is 0 Å². The van der Waals surface area contributed by atoms with Gasteiger partial charge < -0.3 is 5.32 Å². The fraction of sp³-hybridized carbons (Fsp3) is 0.133. The molecule has 3 N–H and O–H groups in total. The molecule has 0 saturated carbocycles. The van der Waals surface area contributed by atoms with Crippen molar-refractivity contribution in [1.82, 2.24) is 10.3 Å². The molecule has 2 rings (SSSR count). The van der Waals surface area contributed by atoms with Crippen LogP contribution in [0, 0.1) is 0 Å². The molecule has 2 aromatic carbocycles. The first kappa shape index (κ1) is 16.6. The summed E-state index contributed by atoms with van der Waals surface area (Å²) in [7, 11) is 4.18. The number of benzene rings is 2. The summed E-state index contributed by atoms with van der Waals surface area (Å²) < 4.78 is 0. The fourth-order valence-electron chi connectivity index (χ4n) is 1.39. The number of hydrogen-bond donors (Lipinski definition) is 2. The lowest BCUT2D eigenvalue weighted by Gasteiger charge is -2.10. The van der Waals surface area contributed by atoms with Gasteiger partial charge in [-0.15, -0.1) is 0 Å². The smallest absolute Gasteiger partial charge is 0.182 e. The molecule has 0 aliphatic carbocycles. The summed E-state index contributed by atoms with van der Waals surface area (Å²) in [5.74, 6) is 5.18. The van der Waals surface area contributed by atoms with Crippen LogP contribution in [0.1, 0.15) is 0 Å². The molecule has 0 aromatic heterocycles. The Hall–Kier alpha value is -1.48. The van der Waals surface area contributed by atoms with Crippen LogP contribution in [0.3, 0.4) is 0 Å². The minimum Gasteiger partial charge on any atom is -0.365 e. The molecule has 5 heteroatoms. The van der Waals surface area contributed by atoms with E-state index in [2.05, 4.69) is 78.2 Å². The van der Waals surface area contributed by atoms with Gasteiger partial charge in [0.15, 0.2) is 5.11 Å². The highest BCUT2D eigenvalue weighted by Gasteiger charge is 1.92. The van der Waals surface area contributed by atoms with Gasteiger partial charge in [0.25, 0.3) is 0 Å². The largest absolute Gasteiger partial charge is 0.365 e. The molecule has 0 amide bonds. The zero-order chi connectivity index (χ0) is 14.8. The summed E-state index contributed by atoms with van der Waals surface area (Å²) in [5.41, 5.74) is 0. The van der Waals surface area contributed by atoms with Crippen LogP contribution in [0.25, 0.3) is 0 Å². The van der Waals surface area contributed by atoms with Gasteiger partial charge in [-0.2, -0.15) is 0 Å². The number of nitrogens with one attached hydrogen (secondary N) is 1. The second-order valence-electron chi connectivity index (χ2n) is 4.02. The van der Waals surface area contributed by atoms with E-state index in [-0.39, 0.29) is 0 Å². The Kier molecular flexibility index (Phi) is 7.81. The number of nitrogens with two attached hydrogens (primary N) is 1. The van der Waals surface area contributed by atoms with Gasteiger partial charge in [-0.3, -0.25) is 5.01 Å². The van der Waals surface area contributed by atoms with Gasteiger partial charge in [-0.1, -0.05) is 69.2 Å². The SMILES string of the molecule is CNC(=S)N(C)N.c1ccc(Pc2ccccc2)cc1. The molecule has 0 atom stereocenters. The topological polar surface area (TPSA) is 41.3 Å². The van der Waals surface area contributed by atoms with E-state index >= 15 is 0 Å². The average molecular weight is 305 g/mol. The Morgan fingerprint density at radius 2 is 1.40 bits per heavy atom. The molecular weight excluding hydrogens is 285 g/mol. The van der Waals surface area contributed by atoms with E-state index in [4.69, 9.17) is 5.84 Å². The maximum atomic E-state index is 5.18. The van der Waals surface area contributed by atoms with Crippen LogP contribution < -0.4 is 21.8 Å². The molecule has 0 radical (unpaired) electrons. The van der Waals surface area contributed by atoms with Crippen molar-refractivity contribution in [1.29, 1.82) is 0 Å². The molecule has 0 saturated heterocycles. The molecule has 0 bridgehead atoms. The van der Waals surface area contributed by atoms with Crippen molar-refractivity contribution in [3.05, 3.63) is 60.7 Å². The third-order valence-corrected chi connectivity index (χ3v) is 4.11. The van der Waals surface area contributed by atoms with E-state index < -0.39 is 0 Å². The molecule has 0 unspecified atom stereocenters. The summed E-state index contributed by atoms with van der Waals surface area (Å²) in [6.45, 7) is 0. The number of hydrogen-bond acceptors (Lipinski definition) is 2. The van der Waals surface area contributed by atoms with Gasteiger partial charge in [-0.25, -0.2) is 5.84 Å². The Bertz CT molecular complexity index is 466. The van der Waals surface area contributed by atoms with E-state index in [1.165, 1.54) is 15.6 Å². The lowest BCUT2D eigenvalue weighted by molar-refractivity contribution is 0.532. The second-order valence-corrected chi connectivity index (χ2v) is 5.81. The van der Waals surface area contributed by atoms with E-state index in [0.717, 1.165) is 8.58 Å². The first-order valence-electron chi connectivity index (χ1n) is 6.20. The Morgan fingerprint density at radius 3 is 1.65 bits per heavy atom. The zero-order valence-corrected chi connectivity index (χ0v) is 13.5. The van der Waals surface area contributed by atoms with Crippen LogP contribution in [0.4, 0.5) is 0 Å². The van der Waals surface area contributed by atoms with Gasteiger partial charge in [0.1, 0.15) is 0 Å². The van der Waals surface area contributed by atoms with Crippen molar-refractivity contribution in [3.8, 4) is 0 Å². The van der Waals surface area contributed by atoms with Crippen molar-refractivity contribution in [2.45, 2.75) is 0 Å². The minimum absolute atomic E-state index is 0.542. The van der Waals surface area contributed by atoms with Crippen LogP contribution in [0.5, 0.6) is 0 Å². The zero-order valence-electron chi connectivity index (χ0n) is 11.7. The number of hydrazine groups is 1. The first-order chi connectivity index (χ1) is 9.63. The van der Waals surface area contributed by atoms with Gasteiger partial charge in [-0.05, 0) is 22.8 Å². The molecule has 20 heavy (non-hydrogen) atoms. The van der Waals surface area contributed by atoms with Crippen molar-refractivity contribution < 1.29 is 0 Å². The molecule has 106 valence electrons. The Balaban J connectivity index is 0.000000246. The van der Waals surface area contributed by atoms with E-state index in [1.807, 2.05) is 0 Å². The Labute approximate surface area is 127 Å². The maximum absolute atomic E-state index is 5.18. The number of thiocarbonyl (C=S) groups is 1. The second kappa shape index (κ2) is 9.43. The van der Waals surface area contributed by atoms with Gasteiger partial charge in [0.05, 0.1) is 0 Å². The van der Waals surface area contributed by atoms with Crippen LogP contribution in [0.2, 0.25) is 0 Å². The predicted octanol–water partition coefficient (Wildman–Crippen LogP) is 1.61. The fourth-order valence-corrected chi connectivity index (χ4v) is 2.44. The predicted molar refractivity (Wildman–Crippen MR) is 94.1 cm³/mol. The highest BCUT2D eigenvalue weighted by Crippen LogP contribution is 2.08. The Morgan fingerprint density at radius 1 is 1.00 bits per heavy atom. The van der Waals surface area contributed by atoms with Crippen LogP contribution in [-0.2, 0) is 0 Å². The molecule has 0 aliphatic heterocycles. The van der Waals surface area contributed by atoms with Gasteiger partial charge in [0, 0.05) is 14.1 Å². The van der Waals surface area contributed by atoms with E-state index in [1.54, 1.807) is 14.1 Å². The van der Waals surface area contributed by atoms with Crippen molar-refractivity contribution in [3.63, 3.8) is 0 Å². The van der Waals surface area contributed by atoms with Crippen molar-refractivity contribution in [2.75, 3.05) is 14.1 Å². The minimum atomic E-state index is 0.542.